The second-order valence-corrected chi connectivity index (χ2v) is 5.52. The highest BCUT2D eigenvalue weighted by molar-refractivity contribution is 5.97. The van der Waals surface area contributed by atoms with Gasteiger partial charge in [-0.25, -0.2) is 4.79 Å². The van der Waals surface area contributed by atoms with Crippen LogP contribution in [-0.2, 0) is 14.3 Å². The van der Waals surface area contributed by atoms with Crippen LogP contribution in [0.15, 0.2) is 54.6 Å². The molecule has 0 unspecified atom stereocenters. The van der Waals surface area contributed by atoms with E-state index in [1.54, 1.807) is 30.3 Å². The number of non-ortho nitro benzene ring substituents is 1. The summed E-state index contributed by atoms with van der Waals surface area (Å²) in [4.78, 5) is 45.8. The number of hydrogen-bond acceptors (Lipinski definition) is 6. The van der Waals surface area contributed by atoms with Gasteiger partial charge in [-0.3, -0.25) is 19.7 Å². The Morgan fingerprint density at radius 2 is 1.81 bits per heavy atom. The Balaban J connectivity index is 1.82. The fraction of sp³-hybridized carbons (Fsp3) is 0.167. The Morgan fingerprint density at radius 3 is 2.48 bits per heavy atom. The van der Waals surface area contributed by atoms with Gasteiger partial charge in [-0.15, -0.1) is 0 Å². The lowest BCUT2D eigenvalue weighted by Crippen LogP contribution is -2.40. The first kappa shape index (κ1) is 19.6. The van der Waals surface area contributed by atoms with Crippen molar-refractivity contribution in [2.45, 2.75) is 13.0 Å². The minimum atomic E-state index is -0.955. The van der Waals surface area contributed by atoms with Crippen molar-refractivity contribution >= 4 is 29.2 Å². The van der Waals surface area contributed by atoms with Gasteiger partial charge in [0.25, 0.3) is 17.5 Å². The molecule has 2 aromatic rings. The average molecular weight is 371 g/mol. The molecule has 0 aliphatic heterocycles. The van der Waals surface area contributed by atoms with Gasteiger partial charge in [0.2, 0.25) is 0 Å². The molecule has 0 aromatic heterocycles. The molecule has 27 heavy (non-hydrogen) atoms. The molecule has 0 heterocycles. The smallest absolute Gasteiger partial charge is 0.328 e. The predicted molar refractivity (Wildman–Crippen MR) is 96.1 cm³/mol. The van der Waals surface area contributed by atoms with Crippen LogP contribution in [0.5, 0.6) is 0 Å². The molecular weight excluding hydrogens is 354 g/mol. The van der Waals surface area contributed by atoms with E-state index in [2.05, 4.69) is 10.6 Å². The fourth-order valence-electron chi connectivity index (χ4n) is 2.08. The standard InChI is InChI=1S/C18H17N3O6/c1-12(19-17(23)13-6-3-2-4-7-13)18(24)27-11-16(22)20-14-8-5-9-15(10-14)21(25)26/h2-10,12H,11H2,1H3,(H,19,23)(H,20,22)/t12-/m0/s1. The molecule has 0 aliphatic rings. The Bertz CT molecular complexity index is 853. The number of nitrogens with one attached hydrogen (secondary N) is 2. The molecule has 0 bridgehead atoms. The first-order chi connectivity index (χ1) is 12.9. The highest BCUT2D eigenvalue weighted by atomic mass is 16.6. The number of ether oxygens (including phenoxy) is 1. The molecule has 9 heteroatoms. The lowest BCUT2D eigenvalue weighted by Gasteiger charge is -2.13. The average Bonchev–Trinajstić information content (AvgIpc) is 2.66. The van der Waals surface area contributed by atoms with E-state index >= 15 is 0 Å². The Kier molecular flexibility index (Phi) is 6.59. The first-order valence-electron chi connectivity index (χ1n) is 7.93. The predicted octanol–water partition coefficient (Wildman–Crippen LogP) is 1.89. The molecule has 2 rings (SSSR count). The van der Waals surface area contributed by atoms with Crippen molar-refractivity contribution in [3.63, 3.8) is 0 Å². The minimum Gasteiger partial charge on any atom is -0.454 e. The summed E-state index contributed by atoms with van der Waals surface area (Å²) in [7, 11) is 0. The number of anilines is 1. The number of nitro groups is 1. The van der Waals surface area contributed by atoms with Gasteiger partial charge in [-0.2, -0.15) is 0 Å². The van der Waals surface area contributed by atoms with Crippen LogP contribution in [0.4, 0.5) is 11.4 Å². The molecule has 0 radical (unpaired) electrons. The quantitative estimate of drug-likeness (QED) is 0.435. The maximum atomic E-state index is 12.0. The Morgan fingerprint density at radius 1 is 1.11 bits per heavy atom. The summed E-state index contributed by atoms with van der Waals surface area (Å²) in [5.74, 6) is -1.89. The van der Waals surface area contributed by atoms with Gasteiger partial charge in [0, 0.05) is 23.4 Å². The first-order valence-corrected chi connectivity index (χ1v) is 7.93. The minimum absolute atomic E-state index is 0.179. The normalized spacial score (nSPS) is 11.1. The highest BCUT2D eigenvalue weighted by Gasteiger charge is 2.19. The maximum Gasteiger partial charge on any atom is 0.328 e. The van der Waals surface area contributed by atoms with Crippen LogP contribution >= 0.6 is 0 Å². The largest absolute Gasteiger partial charge is 0.454 e. The number of amides is 2. The van der Waals surface area contributed by atoms with Crippen molar-refractivity contribution in [1.82, 2.24) is 5.32 Å². The molecule has 0 aliphatic carbocycles. The zero-order valence-corrected chi connectivity index (χ0v) is 14.4. The van der Waals surface area contributed by atoms with E-state index in [0.717, 1.165) is 0 Å². The third-order valence-corrected chi connectivity index (χ3v) is 3.42. The van der Waals surface area contributed by atoms with Gasteiger partial charge in [0.05, 0.1) is 4.92 Å². The second kappa shape index (κ2) is 9.09. The number of hydrogen-bond donors (Lipinski definition) is 2. The number of nitro benzene ring substituents is 1. The SMILES string of the molecule is C[C@H](NC(=O)c1ccccc1)C(=O)OCC(=O)Nc1cccc([N+](=O)[O-])c1. The second-order valence-electron chi connectivity index (χ2n) is 5.52. The number of nitrogens with zero attached hydrogens (tertiary/aromatic N) is 1. The van der Waals surface area contributed by atoms with E-state index in [1.807, 2.05) is 0 Å². The summed E-state index contributed by atoms with van der Waals surface area (Å²) in [6.07, 6.45) is 0. The molecule has 0 spiro atoms. The third kappa shape index (κ3) is 5.92. The number of carbonyl (C=O) groups is 3. The van der Waals surface area contributed by atoms with E-state index in [0.29, 0.717) is 5.56 Å². The van der Waals surface area contributed by atoms with Crippen molar-refractivity contribution in [2.24, 2.45) is 0 Å². The molecule has 0 fully saturated rings. The molecule has 2 N–H and O–H groups in total. The van der Waals surface area contributed by atoms with Gasteiger partial charge in [0.1, 0.15) is 6.04 Å². The van der Waals surface area contributed by atoms with Crippen molar-refractivity contribution in [1.29, 1.82) is 0 Å². The highest BCUT2D eigenvalue weighted by Crippen LogP contribution is 2.16. The summed E-state index contributed by atoms with van der Waals surface area (Å²) < 4.78 is 4.85. The molecule has 9 nitrogen and oxygen atoms in total. The van der Waals surface area contributed by atoms with Crippen molar-refractivity contribution < 1.29 is 24.0 Å². The molecule has 2 aromatic carbocycles. The summed E-state index contributed by atoms with van der Waals surface area (Å²) in [6, 6.07) is 12.7. The number of benzene rings is 2. The topological polar surface area (TPSA) is 128 Å². The molecule has 0 saturated carbocycles. The summed E-state index contributed by atoms with van der Waals surface area (Å²) in [5.41, 5.74) is 0.415. The molecule has 0 saturated heterocycles. The third-order valence-electron chi connectivity index (χ3n) is 3.42. The van der Waals surface area contributed by atoms with Crippen LogP contribution in [0.2, 0.25) is 0 Å². The van der Waals surface area contributed by atoms with Crippen LogP contribution in [0.25, 0.3) is 0 Å². The monoisotopic (exact) mass is 371 g/mol. The Labute approximate surface area is 154 Å². The van der Waals surface area contributed by atoms with Gasteiger partial charge in [-0.05, 0) is 25.1 Å². The number of esters is 1. The summed E-state index contributed by atoms with van der Waals surface area (Å²) in [6.45, 7) is 0.842. The van der Waals surface area contributed by atoms with Crippen LogP contribution in [-0.4, -0.2) is 35.4 Å². The van der Waals surface area contributed by atoms with Crippen molar-refractivity contribution in [3.8, 4) is 0 Å². The number of rotatable bonds is 7. The van der Waals surface area contributed by atoms with E-state index in [9.17, 15) is 24.5 Å². The zero-order chi connectivity index (χ0) is 19.8. The van der Waals surface area contributed by atoms with Crippen LogP contribution < -0.4 is 10.6 Å². The Hall–Kier alpha value is -3.75. The molecular formula is C18H17N3O6. The summed E-state index contributed by atoms with van der Waals surface area (Å²) >= 11 is 0. The lowest BCUT2D eigenvalue weighted by atomic mass is 10.2. The molecule has 2 amide bonds. The van der Waals surface area contributed by atoms with Crippen LogP contribution in [0.1, 0.15) is 17.3 Å². The fourth-order valence-corrected chi connectivity index (χ4v) is 2.08. The molecule has 140 valence electrons. The van der Waals surface area contributed by atoms with Crippen molar-refractivity contribution in [3.05, 3.63) is 70.3 Å². The van der Waals surface area contributed by atoms with E-state index < -0.39 is 35.4 Å². The van der Waals surface area contributed by atoms with Gasteiger partial charge in [-0.1, -0.05) is 24.3 Å². The van der Waals surface area contributed by atoms with Gasteiger partial charge >= 0.3 is 5.97 Å². The van der Waals surface area contributed by atoms with E-state index in [4.69, 9.17) is 4.74 Å². The van der Waals surface area contributed by atoms with Gasteiger partial charge < -0.3 is 15.4 Å². The molecule has 1 atom stereocenters. The van der Waals surface area contributed by atoms with Gasteiger partial charge in [0.15, 0.2) is 6.61 Å². The van der Waals surface area contributed by atoms with E-state index in [-0.39, 0.29) is 11.4 Å². The lowest BCUT2D eigenvalue weighted by molar-refractivity contribution is -0.384. The number of carbonyl (C=O) groups excluding carboxylic acids is 3. The summed E-state index contributed by atoms with van der Waals surface area (Å²) in [5, 5.41) is 15.6. The van der Waals surface area contributed by atoms with Crippen molar-refractivity contribution in [2.75, 3.05) is 11.9 Å². The van der Waals surface area contributed by atoms with Crippen LogP contribution in [0.3, 0.4) is 0 Å². The maximum absolute atomic E-state index is 12.0. The van der Waals surface area contributed by atoms with E-state index in [1.165, 1.54) is 31.2 Å². The zero-order valence-electron chi connectivity index (χ0n) is 14.4. The van der Waals surface area contributed by atoms with Crippen LogP contribution in [0, 0.1) is 10.1 Å².